The number of hydrogen-bond donors (Lipinski definition) is 1. The van der Waals surface area contributed by atoms with Crippen molar-refractivity contribution in [2.24, 2.45) is 0 Å². The number of carbonyl (C=O) groups is 1. The van der Waals surface area contributed by atoms with Gasteiger partial charge in [0.05, 0.1) is 20.8 Å². The van der Waals surface area contributed by atoms with Crippen molar-refractivity contribution in [1.82, 2.24) is 10.2 Å². The van der Waals surface area contributed by atoms with Gasteiger partial charge in [0.15, 0.2) is 17.6 Å². The summed E-state index contributed by atoms with van der Waals surface area (Å²) in [5.74, 6) is 1.95. The fourth-order valence-corrected chi connectivity index (χ4v) is 3.29. The number of nitrogens with zero attached hydrogens (tertiary/aromatic N) is 1. The number of ether oxygens (including phenoxy) is 4. The largest absolute Gasteiger partial charge is 0.493 e. The average Bonchev–Trinajstić information content (AvgIpc) is 3.61. The van der Waals surface area contributed by atoms with Crippen molar-refractivity contribution in [3.05, 3.63) is 54.1 Å². The number of rotatable bonds is 13. The van der Waals surface area contributed by atoms with Gasteiger partial charge in [0.1, 0.15) is 5.75 Å². The van der Waals surface area contributed by atoms with Gasteiger partial charge in [-0.2, -0.15) is 0 Å². The Balaban J connectivity index is 1.75. The van der Waals surface area contributed by atoms with E-state index in [0.29, 0.717) is 43.5 Å². The molecule has 0 heterocycles. The lowest BCUT2D eigenvalue weighted by atomic mass is 10.1. The standard InChI is InChI=1S/C24H32N2O5/c1-28-14-13-26(16-18-9-12-21(29-2)22(15-18)30-3)17-23(24(27)25-19-10-11-19)31-20-7-5-4-6-8-20/h4-9,12,15,19,23H,10-11,13-14,16-17H2,1-3H3,(H,25,27)/t23-/m0/s1. The molecule has 2 aromatic carbocycles. The summed E-state index contributed by atoms with van der Waals surface area (Å²) in [6.45, 7) is 2.27. The van der Waals surface area contributed by atoms with E-state index in [-0.39, 0.29) is 11.9 Å². The predicted molar refractivity (Wildman–Crippen MR) is 119 cm³/mol. The van der Waals surface area contributed by atoms with Crippen LogP contribution in [0.2, 0.25) is 0 Å². The minimum atomic E-state index is -0.625. The van der Waals surface area contributed by atoms with Crippen LogP contribution in [0.25, 0.3) is 0 Å². The monoisotopic (exact) mass is 428 g/mol. The summed E-state index contributed by atoms with van der Waals surface area (Å²) in [6, 6.07) is 15.6. The lowest BCUT2D eigenvalue weighted by molar-refractivity contribution is -0.129. The summed E-state index contributed by atoms with van der Waals surface area (Å²) in [5, 5.41) is 3.07. The lowest BCUT2D eigenvalue weighted by Gasteiger charge is -2.27. The second kappa shape index (κ2) is 11.6. The third-order valence-corrected chi connectivity index (χ3v) is 5.13. The van der Waals surface area contributed by atoms with Crippen molar-refractivity contribution in [2.45, 2.75) is 31.5 Å². The molecule has 0 bridgehead atoms. The van der Waals surface area contributed by atoms with Crippen LogP contribution in [0, 0.1) is 0 Å². The molecule has 1 atom stereocenters. The van der Waals surface area contributed by atoms with E-state index in [1.807, 2.05) is 48.5 Å². The molecule has 1 amide bonds. The molecule has 0 spiro atoms. The maximum Gasteiger partial charge on any atom is 0.262 e. The van der Waals surface area contributed by atoms with Gasteiger partial charge < -0.3 is 24.3 Å². The maximum atomic E-state index is 12.9. The van der Waals surface area contributed by atoms with Crippen LogP contribution in [-0.4, -0.2) is 64.0 Å². The van der Waals surface area contributed by atoms with Crippen molar-refractivity contribution in [3.63, 3.8) is 0 Å². The van der Waals surface area contributed by atoms with Crippen molar-refractivity contribution in [2.75, 3.05) is 41.0 Å². The van der Waals surface area contributed by atoms with E-state index in [9.17, 15) is 4.79 Å². The Morgan fingerprint density at radius 1 is 1.06 bits per heavy atom. The van der Waals surface area contributed by atoms with Gasteiger partial charge in [-0.1, -0.05) is 24.3 Å². The summed E-state index contributed by atoms with van der Waals surface area (Å²) in [5.41, 5.74) is 1.05. The van der Waals surface area contributed by atoms with Crippen LogP contribution in [0.3, 0.4) is 0 Å². The van der Waals surface area contributed by atoms with Crippen LogP contribution in [0.1, 0.15) is 18.4 Å². The molecule has 0 saturated heterocycles. The highest BCUT2D eigenvalue weighted by atomic mass is 16.5. The van der Waals surface area contributed by atoms with Gasteiger partial charge in [-0.15, -0.1) is 0 Å². The smallest absolute Gasteiger partial charge is 0.262 e. The Morgan fingerprint density at radius 2 is 1.81 bits per heavy atom. The second-order valence-corrected chi connectivity index (χ2v) is 7.62. The molecule has 1 N–H and O–H groups in total. The molecule has 0 unspecified atom stereocenters. The van der Waals surface area contributed by atoms with Gasteiger partial charge in [0, 0.05) is 32.8 Å². The Bertz CT molecular complexity index is 826. The van der Waals surface area contributed by atoms with E-state index in [4.69, 9.17) is 18.9 Å². The Kier molecular flexibility index (Phi) is 8.55. The molecule has 0 radical (unpaired) electrons. The van der Waals surface area contributed by atoms with Crippen LogP contribution in [0.5, 0.6) is 17.2 Å². The number of nitrogens with one attached hydrogen (secondary N) is 1. The quantitative estimate of drug-likeness (QED) is 0.529. The number of amides is 1. The fourth-order valence-electron chi connectivity index (χ4n) is 3.29. The number of para-hydroxylation sites is 1. The van der Waals surface area contributed by atoms with Crippen molar-refractivity contribution >= 4 is 5.91 Å². The minimum Gasteiger partial charge on any atom is -0.493 e. The minimum absolute atomic E-state index is 0.0823. The Morgan fingerprint density at radius 3 is 2.45 bits per heavy atom. The highest BCUT2D eigenvalue weighted by Gasteiger charge is 2.30. The number of hydrogen-bond acceptors (Lipinski definition) is 6. The first-order valence-electron chi connectivity index (χ1n) is 10.6. The van der Waals surface area contributed by atoms with Gasteiger partial charge >= 0.3 is 0 Å². The van der Waals surface area contributed by atoms with Crippen LogP contribution >= 0.6 is 0 Å². The second-order valence-electron chi connectivity index (χ2n) is 7.62. The van der Waals surface area contributed by atoms with Gasteiger partial charge in [-0.3, -0.25) is 9.69 Å². The number of methoxy groups -OCH3 is 3. The molecule has 2 aromatic rings. The molecule has 0 aromatic heterocycles. The van der Waals surface area contributed by atoms with Gasteiger partial charge in [-0.25, -0.2) is 0 Å². The molecule has 1 saturated carbocycles. The highest BCUT2D eigenvalue weighted by molar-refractivity contribution is 5.82. The summed E-state index contributed by atoms with van der Waals surface area (Å²) in [6.07, 6.45) is 1.44. The molecule has 7 nitrogen and oxygen atoms in total. The van der Waals surface area contributed by atoms with Crippen LogP contribution in [-0.2, 0) is 16.1 Å². The molecular formula is C24H32N2O5. The number of benzene rings is 2. The molecule has 1 aliphatic rings. The fraction of sp³-hybridized carbons (Fsp3) is 0.458. The zero-order chi connectivity index (χ0) is 22.1. The third kappa shape index (κ3) is 7.15. The molecule has 31 heavy (non-hydrogen) atoms. The van der Waals surface area contributed by atoms with Gasteiger partial charge in [0.2, 0.25) is 0 Å². The van der Waals surface area contributed by atoms with Crippen LogP contribution in [0.4, 0.5) is 0 Å². The van der Waals surface area contributed by atoms with E-state index in [2.05, 4.69) is 10.2 Å². The molecule has 0 aliphatic heterocycles. The van der Waals surface area contributed by atoms with Gasteiger partial charge in [-0.05, 0) is 42.7 Å². The van der Waals surface area contributed by atoms with E-state index >= 15 is 0 Å². The zero-order valence-electron chi connectivity index (χ0n) is 18.5. The highest BCUT2D eigenvalue weighted by Crippen LogP contribution is 2.28. The van der Waals surface area contributed by atoms with Crippen LogP contribution < -0.4 is 19.5 Å². The molecule has 3 rings (SSSR count). The maximum absolute atomic E-state index is 12.9. The first kappa shape index (κ1) is 22.9. The summed E-state index contributed by atoms with van der Waals surface area (Å²) >= 11 is 0. The van der Waals surface area contributed by atoms with E-state index in [0.717, 1.165) is 18.4 Å². The molecule has 168 valence electrons. The van der Waals surface area contributed by atoms with E-state index in [1.54, 1.807) is 21.3 Å². The zero-order valence-corrected chi connectivity index (χ0v) is 18.5. The Labute approximate surface area is 184 Å². The van der Waals surface area contributed by atoms with E-state index in [1.165, 1.54) is 0 Å². The summed E-state index contributed by atoms with van der Waals surface area (Å²) < 4.78 is 22.2. The predicted octanol–water partition coefficient (Wildman–Crippen LogP) is 2.88. The molecule has 1 aliphatic carbocycles. The molecule has 7 heteroatoms. The van der Waals surface area contributed by atoms with Gasteiger partial charge in [0.25, 0.3) is 5.91 Å². The molecule has 1 fully saturated rings. The van der Waals surface area contributed by atoms with Crippen molar-refractivity contribution < 1.29 is 23.7 Å². The first-order valence-corrected chi connectivity index (χ1v) is 10.6. The normalized spacial score (nSPS) is 14.2. The van der Waals surface area contributed by atoms with Crippen LogP contribution in [0.15, 0.2) is 48.5 Å². The third-order valence-electron chi connectivity index (χ3n) is 5.13. The average molecular weight is 429 g/mol. The summed E-state index contributed by atoms with van der Waals surface area (Å²) in [7, 11) is 4.91. The van der Waals surface area contributed by atoms with Crippen molar-refractivity contribution in [1.29, 1.82) is 0 Å². The topological polar surface area (TPSA) is 69.3 Å². The van der Waals surface area contributed by atoms with Crippen molar-refractivity contribution in [3.8, 4) is 17.2 Å². The Hall–Kier alpha value is -2.77. The molecular weight excluding hydrogens is 396 g/mol. The lowest BCUT2D eigenvalue weighted by Crippen LogP contribution is -2.47. The number of carbonyl (C=O) groups excluding carboxylic acids is 1. The first-order chi connectivity index (χ1) is 15.1. The summed E-state index contributed by atoms with van der Waals surface area (Å²) in [4.78, 5) is 15.1. The SMILES string of the molecule is COCCN(Cc1ccc(OC)c(OC)c1)C[C@H](Oc1ccccc1)C(=O)NC1CC1. The van der Waals surface area contributed by atoms with E-state index < -0.39 is 6.10 Å².